The molecule has 5 rings (SSSR count). The summed E-state index contributed by atoms with van der Waals surface area (Å²) in [4.78, 5) is 25.2. The number of carbonyl (C=O) groups is 2. The minimum absolute atomic E-state index is 0.0266. The van der Waals surface area contributed by atoms with Crippen LogP contribution in [0.1, 0.15) is 53.3 Å². The molecule has 0 bridgehead atoms. The van der Waals surface area contributed by atoms with Gasteiger partial charge >= 0.3 is 0 Å². The SMILES string of the molecule is [2H]C1=C2C([2H])([2H])C[C@H]3[C@@H]4C[C@H](C)[C@](O)(C(=O)C([2H])([2H])O)[C@@]4(C)C[C@@H]4O[C@@]43[C@@]2(C)C=CC1=O. The maximum Gasteiger partial charge on any atom is 0.190 e. The number of ketones is 2. The van der Waals surface area contributed by atoms with Crippen LogP contribution in [-0.4, -0.2) is 45.6 Å². The standard InChI is InChI=1S/C22H28O5/c1-12-8-16-15-5-4-13-9-14(24)6-7-19(13,2)22(15)18(27-22)10-20(16,3)21(12,26)17(25)11-23/h6-7,9,12,15-16,18,23,26H,4-5,8,10-11H2,1-3H3/t12-,15-,16-,18-,19-,20-,21-,22+/m0/s1/i4D2,9D,11D2. The summed E-state index contributed by atoms with van der Waals surface area (Å²) < 4.78 is 47.3. The maximum atomic E-state index is 13.0. The third-order valence-corrected chi connectivity index (χ3v) is 8.51. The molecule has 4 aliphatic carbocycles. The van der Waals surface area contributed by atoms with Crippen molar-refractivity contribution in [2.24, 2.45) is 28.6 Å². The molecule has 5 heteroatoms. The highest BCUT2D eigenvalue weighted by Gasteiger charge is 2.81. The van der Waals surface area contributed by atoms with E-state index < -0.39 is 64.5 Å². The molecule has 8 atom stereocenters. The van der Waals surface area contributed by atoms with Gasteiger partial charge < -0.3 is 14.9 Å². The summed E-state index contributed by atoms with van der Waals surface area (Å²) >= 11 is 0. The predicted molar refractivity (Wildman–Crippen MR) is 97.7 cm³/mol. The van der Waals surface area contributed by atoms with Gasteiger partial charge in [-0.2, -0.15) is 0 Å². The zero-order valence-corrected chi connectivity index (χ0v) is 15.7. The largest absolute Gasteiger partial charge is 0.388 e. The quantitative estimate of drug-likeness (QED) is 0.719. The van der Waals surface area contributed by atoms with Crippen molar-refractivity contribution in [1.29, 1.82) is 0 Å². The Kier molecular flexibility index (Phi) is 2.41. The van der Waals surface area contributed by atoms with Crippen molar-refractivity contribution in [1.82, 2.24) is 0 Å². The number of epoxide rings is 1. The fraction of sp³-hybridized carbons (Fsp3) is 0.727. The fourth-order valence-corrected chi connectivity index (χ4v) is 7.07. The van der Waals surface area contributed by atoms with Gasteiger partial charge in [0.1, 0.15) is 17.8 Å². The van der Waals surface area contributed by atoms with Gasteiger partial charge in [-0.25, -0.2) is 0 Å². The Balaban J connectivity index is 1.66. The minimum atomic E-state index is -3.20. The van der Waals surface area contributed by atoms with Crippen molar-refractivity contribution in [2.75, 3.05) is 6.56 Å². The predicted octanol–water partition coefficient (Wildman–Crippen LogP) is 1.96. The van der Waals surface area contributed by atoms with Crippen LogP contribution in [0.15, 0.2) is 23.8 Å². The van der Waals surface area contributed by atoms with E-state index in [-0.39, 0.29) is 30.4 Å². The van der Waals surface area contributed by atoms with E-state index in [0.29, 0.717) is 6.42 Å². The number of allylic oxidation sites excluding steroid dienone is 2. The molecule has 0 aromatic heterocycles. The minimum Gasteiger partial charge on any atom is -0.388 e. The number of rotatable bonds is 2. The summed E-state index contributed by atoms with van der Waals surface area (Å²) in [5.74, 6) is -3.24. The summed E-state index contributed by atoms with van der Waals surface area (Å²) in [7, 11) is 0. The lowest BCUT2D eigenvalue weighted by molar-refractivity contribution is -0.165. The second-order valence-corrected chi connectivity index (χ2v) is 9.36. The van der Waals surface area contributed by atoms with E-state index in [1.165, 1.54) is 6.08 Å². The van der Waals surface area contributed by atoms with Crippen LogP contribution < -0.4 is 0 Å². The highest BCUT2D eigenvalue weighted by atomic mass is 16.6. The zero-order valence-electron chi connectivity index (χ0n) is 20.7. The van der Waals surface area contributed by atoms with Gasteiger partial charge in [-0.3, -0.25) is 9.59 Å². The average Bonchev–Trinajstić information content (AvgIpc) is 3.35. The van der Waals surface area contributed by atoms with Gasteiger partial charge in [0.05, 0.1) is 10.2 Å². The number of ether oxygens (including phenoxy) is 1. The number of Topliss-reactive ketones (excluding diaryl/α,β-unsaturated/α-hetero) is 1. The molecule has 0 unspecified atom stereocenters. The highest BCUT2D eigenvalue weighted by Crippen LogP contribution is 2.76. The van der Waals surface area contributed by atoms with E-state index in [9.17, 15) is 19.8 Å². The van der Waals surface area contributed by atoms with Gasteiger partial charge in [0, 0.05) is 13.6 Å². The Morgan fingerprint density at radius 3 is 2.93 bits per heavy atom. The number of fused-ring (bicyclic) bond motifs is 3. The first-order valence-corrected chi connectivity index (χ1v) is 9.61. The van der Waals surface area contributed by atoms with Gasteiger partial charge in [0.25, 0.3) is 0 Å². The summed E-state index contributed by atoms with van der Waals surface area (Å²) in [6.45, 7) is 1.98. The van der Waals surface area contributed by atoms with Gasteiger partial charge in [-0.05, 0) is 62.4 Å². The van der Waals surface area contributed by atoms with Crippen molar-refractivity contribution in [3.63, 3.8) is 0 Å². The Hall–Kier alpha value is -1.30. The van der Waals surface area contributed by atoms with Crippen LogP contribution in [0.3, 0.4) is 0 Å². The summed E-state index contributed by atoms with van der Waals surface area (Å²) in [5.41, 5.74) is -5.00. The average molecular weight is 377 g/mol. The first-order valence-electron chi connectivity index (χ1n) is 12.1. The van der Waals surface area contributed by atoms with Crippen LogP contribution in [0.4, 0.5) is 0 Å². The first-order chi connectivity index (χ1) is 14.5. The molecular formula is C22H28O5. The molecule has 1 heterocycles. The molecule has 1 saturated heterocycles. The van der Waals surface area contributed by atoms with Crippen LogP contribution in [0.5, 0.6) is 0 Å². The van der Waals surface area contributed by atoms with Crippen molar-refractivity contribution < 1.29 is 31.4 Å². The number of hydrogen-bond donors (Lipinski definition) is 2. The Morgan fingerprint density at radius 2 is 2.22 bits per heavy atom. The van der Waals surface area contributed by atoms with Crippen LogP contribution >= 0.6 is 0 Å². The van der Waals surface area contributed by atoms with Gasteiger partial charge in [0.15, 0.2) is 11.6 Å². The van der Waals surface area contributed by atoms with E-state index >= 15 is 0 Å². The fourth-order valence-electron chi connectivity index (χ4n) is 7.07. The molecular weight excluding hydrogens is 344 g/mol. The molecule has 0 aromatic carbocycles. The normalized spacial score (nSPS) is 60.6. The Morgan fingerprint density at radius 1 is 1.48 bits per heavy atom. The molecule has 2 N–H and O–H groups in total. The topological polar surface area (TPSA) is 87.1 Å². The van der Waals surface area contributed by atoms with E-state index in [0.717, 1.165) is 0 Å². The molecule has 4 fully saturated rings. The molecule has 1 aliphatic heterocycles. The van der Waals surface area contributed by atoms with Crippen molar-refractivity contribution in [2.45, 2.75) is 63.7 Å². The smallest absolute Gasteiger partial charge is 0.190 e. The van der Waals surface area contributed by atoms with Gasteiger partial charge in [0.2, 0.25) is 0 Å². The van der Waals surface area contributed by atoms with Crippen molar-refractivity contribution >= 4 is 11.6 Å². The highest BCUT2D eigenvalue weighted by molar-refractivity contribution is 6.01. The molecule has 27 heavy (non-hydrogen) atoms. The third kappa shape index (κ3) is 1.73. The molecule has 0 amide bonds. The Bertz CT molecular complexity index is 1020. The number of aliphatic hydroxyl groups is 2. The molecule has 5 aliphatic rings. The summed E-state index contributed by atoms with van der Waals surface area (Å²) in [5, 5.41) is 21.5. The lowest BCUT2D eigenvalue weighted by atomic mass is 9.46. The van der Waals surface area contributed by atoms with E-state index in [1.807, 2.05) is 0 Å². The molecule has 5 nitrogen and oxygen atoms in total. The second-order valence-electron chi connectivity index (χ2n) is 9.36. The zero-order chi connectivity index (χ0) is 23.9. The van der Waals surface area contributed by atoms with Crippen LogP contribution in [0, 0.1) is 28.6 Å². The second kappa shape index (κ2) is 5.00. The maximum absolute atomic E-state index is 13.0. The lowest BCUT2D eigenvalue weighted by Crippen LogP contribution is -2.62. The van der Waals surface area contributed by atoms with Crippen LogP contribution in [0.25, 0.3) is 0 Å². The molecule has 0 radical (unpaired) electrons. The Labute approximate surface area is 166 Å². The number of hydrogen-bond acceptors (Lipinski definition) is 5. The molecule has 0 aromatic rings. The van der Waals surface area contributed by atoms with Gasteiger partial charge in [-0.1, -0.05) is 25.5 Å². The van der Waals surface area contributed by atoms with Crippen molar-refractivity contribution in [3.8, 4) is 0 Å². The number of carbonyl (C=O) groups excluding carboxylic acids is 2. The monoisotopic (exact) mass is 377 g/mol. The van der Waals surface area contributed by atoms with Crippen LogP contribution in [0.2, 0.25) is 0 Å². The van der Waals surface area contributed by atoms with E-state index in [4.69, 9.17) is 11.6 Å². The molecule has 3 saturated carbocycles. The summed E-state index contributed by atoms with van der Waals surface area (Å²) in [6.07, 6.45) is 1.10. The van der Waals surface area contributed by atoms with E-state index in [2.05, 4.69) is 0 Å². The van der Waals surface area contributed by atoms with Gasteiger partial charge in [-0.15, -0.1) is 0 Å². The third-order valence-electron chi connectivity index (χ3n) is 8.51. The summed E-state index contributed by atoms with van der Waals surface area (Å²) in [6, 6.07) is -0.338. The molecule has 1 spiro atoms. The van der Waals surface area contributed by atoms with E-state index in [1.54, 1.807) is 26.8 Å². The molecule has 146 valence electrons. The lowest BCUT2D eigenvalue weighted by Gasteiger charge is -2.55. The first kappa shape index (κ1) is 13.0. The van der Waals surface area contributed by atoms with Crippen LogP contribution in [-0.2, 0) is 14.3 Å². The van der Waals surface area contributed by atoms with Crippen molar-refractivity contribution in [3.05, 3.63) is 23.8 Å².